The van der Waals surface area contributed by atoms with Gasteiger partial charge in [0.1, 0.15) is 5.01 Å². The summed E-state index contributed by atoms with van der Waals surface area (Å²) in [7, 11) is 0. The summed E-state index contributed by atoms with van der Waals surface area (Å²) in [5, 5.41) is 3.21. The number of nitrogens with two attached hydrogens (primary N) is 1. The molecular weight excluding hydrogens is 206 g/mol. The van der Waals surface area contributed by atoms with Crippen molar-refractivity contribution >= 4 is 11.3 Å². The van der Waals surface area contributed by atoms with Crippen LogP contribution in [0.15, 0.2) is 11.6 Å². The van der Waals surface area contributed by atoms with Crippen molar-refractivity contribution < 1.29 is 0 Å². The SMILES string of the molecule is CCN(Cc1nccs1)CC(C)(C)CN. The lowest BCUT2D eigenvalue weighted by molar-refractivity contribution is 0.183. The zero-order chi connectivity index (χ0) is 11.3. The molecule has 0 aliphatic carbocycles. The van der Waals surface area contributed by atoms with Crippen LogP contribution in [-0.4, -0.2) is 29.5 Å². The van der Waals surface area contributed by atoms with Crippen LogP contribution in [0.2, 0.25) is 0 Å². The van der Waals surface area contributed by atoms with Crippen LogP contribution < -0.4 is 5.73 Å². The Balaban J connectivity index is 2.50. The summed E-state index contributed by atoms with van der Waals surface area (Å²) in [6.07, 6.45) is 1.86. The second-order valence-electron chi connectivity index (χ2n) is 4.60. The second-order valence-corrected chi connectivity index (χ2v) is 5.58. The van der Waals surface area contributed by atoms with E-state index in [9.17, 15) is 0 Å². The van der Waals surface area contributed by atoms with E-state index in [-0.39, 0.29) is 5.41 Å². The molecule has 4 heteroatoms. The third-order valence-corrected chi connectivity index (χ3v) is 3.26. The predicted octanol–water partition coefficient (Wildman–Crippen LogP) is 1.95. The van der Waals surface area contributed by atoms with E-state index in [4.69, 9.17) is 5.73 Å². The lowest BCUT2D eigenvalue weighted by atomic mass is 9.93. The Bertz CT molecular complexity index is 269. The van der Waals surface area contributed by atoms with E-state index < -0.39 is 0 Å². The predicted molar refractivity (Wildman–Crippen MR) is 65.9 cm³/mol. The topological polar surface area (TPSA) is 42.2 Å². The van der Waals surface area contributed by atoms with Gasteiger partial charge in [-0.3, -0.25) is 4.90 Å². The Morgan fingerprint density at radius 2 is 2.27 bits per heavy atom. The minimum absolute atomic E-state index is 0.188. The maximum atomic E-state index is 5.74. The maximum Gasteiger partial charge on any atom is 0.107 e. The Labute approximate surface area is 96.3 Å². The van der Waals surface area contributed by atoms with E-state index >= 15 is 0 Å². The highest BCUT2D eigenvalue weighted by molar-refractivity contribution is 7.09. The fourth-order valence-corrected chi connectivity index (χ4v) is 2.13. The summed E-state index contributed by atoms with van der Waals surface area (Å²) in [5.74, 6) is 0. The van der Waals surface area contributed by atoms with Crippen LogP contribution in [0.4, 0.5) is 0 Å². The van der Waals surface area contributed by atoms with Crippen LogP contribution in [0.25, 0.3) is 0 Å². The molecule has 0 saturated heterocycles. The van der Waals surface area contributed by atoms with Crippen molar-refractivity contribution in [1.82, 2.24) is 9.88 Å². The number of rotatable bonds is 6. The third-order valence-electron chi connectivity index (χ3n) is 2.49. The molecule has 0 amide bonds. The second kappa shape index (κ2) is 5.58. The molecule has 1 heterocycles. The molecule has 2 N–H and O–H groups in total. The third kappa shape index (κ3) is 4.28. The van der Waals surface area contributed by atoms with Crippen LogP contribution in [0, 0.1) is 5.41 Å². The van der Waals surface area contributed by atoms with Gasteiger partial charge in [-0.1, -0.05) is 20.8 Å². The Kier molecular flexibility index (Phi) is 4.70. The van der Waals surface area contributed by atoms with Crippen molar-refractivity contribution in [2.75, 3.05) is 19.6 Å². The first kappa shape index (κ1) is 12.6. The van der Waals surface area contributed by atoms with Crippen molar-refractivity contribution in [3.8, 4) is 0 Å². The first-order chi connectivity index (χ1) is 7.07. The van der Waals surface area contributed by atoms with Crippen LogP contribution in [0.1, 0.15) is 25.8 Å². The van der Waals surface area contributed by atoms with E-state index in [1.165, 1.54) is 5.01 Å². The monoisotopic (exact) mass is 227 g/mol. The van der Waals surface area contributed by atoms with Gasteiger partial charge in [-0.05, 0) is 18.5 Å². The van der Waals surface area contributed by atoms with Crippen molar-refractivity contribution in [2.45, 2.75) is 27.3 Å². The largest absolute Gasteiger partial charge is 0.330 e. The van der Waals surface area contributed by atoms with E-state index in [0.717, 1.165) is 26.2 Å². The minimum atomic E-state index is 0.188. The fourth-order valence-electron chi connectivity index (χ4n) is 1.47. The average Bonchev–Trinajstić information content (AvgIpc) is 2.69. The number of aromatic nitrogens is 1. The highest BCUT2D eigenvalue weighted by atomic mass is 32.1. The Hall–Kier alpha value is -0.450. The van der Waals surface area contributed by atoms with Gasteiger partial charge in [0.15, 0.2) is 0 Å². The van der Waals surface area contributed by atoms with Crippen molar-refractivity contribution in [3.63, 3.8) is 0 Å². The molecule has 0 aromatic carbocycles. The fraction of sp³-hybridized carbons (Fsp3) is 0.727. The van der Waals surface area contributed by atoms with E-state index in [2.05, 4.69) is 30.7 Å². The average molecular weight is 227 g/mol. The summed E-state index contributed by atoms with van der Waals surface area (Å²) in [4.78, 5) is 6.70. The quantitative estimate of drug-likeness (QED) is 0.807. The lowest BCUT2D eigenvalue weighted by Crippen LogP contribution is -2.38. The van der Waals surface area contributed by atoms with E-state index in [1.54, 1.807) is 11.3 Å². The molecule has 1 aromatic rings. The molecule has 15 heavy (non-hydrogen) atoms. The van der Waals surface area contributed by atoms with Gasteiger partial charge in [-0.25, -0.2) is 4.98 Å². The number of hydrogen-bond acceptors (Lipinski definition) is 4. The summed E-state index contributed by atoms with van der Waals surface area (Å²) in [5.41, 5.74) is 5.93. The number of nitrogens with zero attached hydrogens (tertiary/aromatic N) is 2. The summed E-state index contributed by atoms with van der Waals surface area (Å²) >= 11 is 1.72. The normalized spacial score (nSPS) is 12.3. The van der Waals surface area contributed by atoms with Gasteiger partial charge in [0, 0.05) is 18.1 Å². The number of thiazole rings is 1. The van der Waals surface area contributed by atoms with Gasteiger partial charge in [0.2, 0.25) is 0 Å². The Morgan fingerprint density at radius 3 is 2.73 bits per heavy atom. The smallest absolute Gasteiger partial charge is 0.107 e. The molecule has 0 unspecified atom stereocenters. The van der Waals surface area contributed by atoms with Gasteiger partial charge in [0.05, 0.1) is 6.54 Å². The minimum Gasteiger partial charge on any atom is -0.330 e. The molecule has 0 bridgehead atoms. The Morgan fingerprint density at radius 1 is 1.53 bits per heavy atom. The lowest BCUT2D eigenvalue weighted by Gasteiger charge is -2.30. The molecule has 0 fully saturated rings. The van der Waals surface area contributed by atoms with Gasteiger partial charge >= 0.3 is 0 Å². The zero-order valence-corrected chi connectivity index (χ0v) is 10.7. The molecule has 0 saturated carbocycles. The van der Waals surface area contributed by atoms with Crippen LogP contribution >= 0.6 is 11.3 Å². The van der Waals surface area contributed by atoms with Crippen LogP contribution in [0.5, 0.6) is 0 Å². The zero-order valence-electron chi connectivity index (χ0n) is 9.86. The molecule has 0 radical (unpaired) electrons. The van der Waals surface area contributed by atoms with Gasteiger partial charge in [0.25, 0.3) is 0 Å². The molecule has 1 aromatic heterocycles. The van der Waals surface area contributed by atoms with Crippen LogP contribution in [0.3, 0.4) is 0 Å². The first-order valence-electron chi connectivity index (χ1n) is 5.38. The number of hydrogen-bond donors (Lipinski definition) is 1. The van der Waals surface area contributed by atoms with E-state index in [1.807, 2.05) is 11.6 Å². The molecule has 0 aliphatic heterocycles. The molecule has 1 rings (SSSR count). The molecule has 0 aliphatic rings. The highest BCUT2D eigenvalue weighted by Crippen LogP contribution is 2.17. The van der Waals surface area contributed by atoms with Gasteiger partial charge in [-0.2, -0.15) is 0 Å². The summed E-state index contributed by atoms with van der Waals surface area (Å²) in [6.45, 7) is 10.3. The molecule has 0 atom stereocenters. The summed E-state index contributed by atoms with van der Waals surface area (Å²) in [6, 6.07) is 0. The first-order valence-corrected chi connectivity index (χ1v) is 6.26. The van der Waals surface area contributed by atoms with Gasteiger partial charge < -0.3 is 5.73 Å². The maximum absolute atomic E-state index is 5.74. The van der Waals surface area contributed by atoms with Crippen molar-refractivity contribution in [2.24, 2.45) is 11.1 Å². The summed E-state index contributed by atoms with van der Waals surface area (Å²) < 4.78 is 0. The van der Waals surface area contributed by atoms with Crippen LogP contribution in [-0.2, 0) is 6.54 Å². The molecule has 0 spiro atoms. The van der Waals surface area contributed by atoms with Crippen molar-refractivity contribution in [1.29, 1.82) is 0 Å². The van der Waals surface area contributed by atoms with E-state index in [0.29, 0.717) is 0 Å². The molecule has 86 valence electrons. The highest BCUT2D eigenvalue weighted by Gasteiger charge is 2.19. The molecule has 3 nitrogen and oxygen atoms in total. The standard InChI is InChI=1S/C11H21N3S/c1-4-14(9-11(2,3)8-12)7-10-13-5-6-15-10/h5-6H,4,7-9,12H2,1-3H3. The van der Waals surface area contributed by atoms with Gasteiger partial charge in [-0.15, -0.1) is 11.3 Å². The molecular formula is C11H21N3S. The van der Waals surface area contributed by atoms with Crippen molar-refractivity contribution in [3.05, 3.63) is 16.6 Å².